The highest BCUT2D eigenvalue weighted by Crippen LogP contribution is 2.30. The third kappa shape index (κ3) is 10.9. The summed E-state index contributed by atoms with van der Waals surface area (Å²) >= 11 is 0. The molecule has 1 rings (SSSR count). The number of aliphatic carboxylic acids is 1. The number of nitrogens with zero attached hydrogens (tertiary/aromatic N) is 1. The average molecular weight is 355 g/mol. The number of carboxylic acids is 1. The number of quaternary nitrogens is 1. The molecule has 1 N–H and O–H groups in total. The Morgan fingerprint density at radius 1 is 0.840 bits per heavy atom. The summed E-state index contributed by atoms with van der Waals surface area (Å²) < 4.78 is 1.11. The van der Waals surface area contributed by atoms with Gasteiger partial charge in [0.1, 0.15) is 0 Å². The Morgan fingerprint density at radius 3 is 1.80 bits per heavy atom. The molecule has 0 heterocycles. The Kier molecular flexibility index (Phi) is 11.4. The van der Waals surface area contributed by atoms with E-state index in [9.17, 15) is 4.79 Å². The van der Waals surface area contributed by atoms with E-state index in [2.05, 4.69) is 21.0 Å². The molecular formula is C22H44NO2+. The van der Waals surface area contributed by atoms with E-state index in [0.29, 0.717) is 0 Å². The third-order valence-electron chi connectivity index (χ3n) is 6.07. The van der Waals surface area contributed by atoms with Crippen LogP contribution in [0.4, 0.5) is 0 Å². The summed E-state index contributed by atoms with van der Waals surface area (Å²) in [7, 11) is 4.72. The highest BCUT2D eigenvalue weighted by Gasteiger charge is 2.29. The molecule has 0 radical (unpaired) electrons. The fourth-order valence-corrected chi connectivity index (χ4v) is 4.41. The van der Waals surface area contributed by atoms with Crippen molar-refractivity contribution in [1.29, 1.82) is 0 Å². The van der Waals surface area contributed by atoms with Gasteiger partial charge >= 0.3 is 5.97 Å². The summed E-state index contributed by atoms with van der Waals surface area (Å²) in [5, 5.41) is 9.11. The molecule has 0 atom stereocenters. The van der Waals surface area contributed by atoms with E-state index >= 15 is 0 Å². The van der Waals surface area contributed by atoms with Gasteiger partial charge in [-0.1, -0.05) is 58.3 Å². The van der Waals surface area contributed by atoms with Crippen molar-refractivity contribution in [2.45, 2.75) is 96.8 Å². The molecule has 0 amide bonds. The van der Waals surface area contributed by atoms with Crippen LogP contribution < -0.4 is 0 Å². The van der Waals surface area contributed by atoms with Gasteiger partial charge < -0.3 is 9.59 Å². The Morgan fingerprint density at radius 2 is 1.32 bits per heavy atom. The number of hydrogen-bond acceptors (Lipinski definition) is 1. The minimum Gasteiger partial charge on any atom is -0.481 e. The fourth-order valence-electron chi connectivity index (χ4n) is 4.41. The van der Waals surface area contributed by atoms with Crippen LogP contribution in [-0.4, -0.2) is 42.7 Å². The molecule has 0 saturated heterocycles. The molecule has 0 aromatic heterocycles. The molecule has 0 bridgehead atoms. The molecule has 1 aliphatic rings. The van der Waals surface area contributed by atoms with E-state index in [1.807, 2.05) is 0 Å². The zero-order valence-electron chi connectivity index (χ0n) is 17.3. The first kappa shape index (κ1) is 22.5. The van der Waals surface area contributed by atoms with Gasteiger partial charge in [0.15, 0.2) is 0 Å². The Labute approximate surface area is 156 Å². The first-order valence-electron chi connectivity index (χ1n) is 11.0. The Hall–Kier alpha value is -0.570. The summed E-state index contributed by atoms with van der Waals surface area (Å²) in [6, 6.07) is 0. The van der Waals surface area contributed by atoms with Crippen molar-refractivity contribution >= 4 is 5.97 Å². The van der Waals surface area contributed by atoms with Gasteiger partial charge in [-0.3, -0.25) is 4.79 Å². The van der Waals surface area contributed by atoms with Gasteiger partial charge in [0, 0.05) is 5.92 Å². The summed E-state index contributed by atoms with van der Waals surface area (Å²) in [5.41, 5.74) is 0. The molecule has 0 aromatic rings. The van der Waals surface area contributed by atoms with Gasteiger partial charge in [0.25, 0.3) is 0 Å². The lowest BCUT2D eigenvalue weighted by Gasteiger charge is -2.36. The number of unbranched alkanes of at least 4 members (excludes halogenated alkanes) is 9. The van der Waals surface area contributed by atoms with Crippen molar-refractivity contribution in [3.63, 3.8) is 0 Å². The highest BCUT2D eigenvalue weighted by atomic mass is 16.4. The maximum absolute atomic E-state index is 11.1. The highest BCUT2D eigenvalue weighted by molar-refractivity contribution is 5.69. The van der Waals surface area contributed by atoms with Crippen LogP contribution >= 0.6 is 0 Å². The molecule has 0 aliphatic heterocycles. The standard InChI is InChI=1S/C22H43NO2/c1-4-5-6-7-8-9-10-11-12-13-18-23(2,3)19-20-14-16-21(17-15-20)22(24)25/h20-21H,4-19H2,1-3H3/p+1. The Balaban J connectivity index is 2.01. The van der Waals surface area contributed by atoms with Gasteiger partial charge in [-0.15, -0.1) is 0 Å². The SMILES string of the molecule is CCCCCCCCCCCC[N+](C)(C)CC1CCC(C(=O)O)CC1. The minimum absolute atomic E-state index is 0.0752. The molecular weight excluding hydrogens is 310 g/mol. The second kappa shape index (κ2) is 12.7. The number of rotatable bonds is 14. The fraction of sp³-hybridized carbons (Fsp3) is 0.955. The quantitative estimate of drug-likeness (QED) is 0.313. The second-order valence-corrected chi connectivity index (χ2v) is 9.08. The molecule has 3 heteroatoms. The van der Waals surface area contributed by atoms with E-state index in [4.69, 9.17) is 5.11 Å². The molecule has 0 spiro atoms. The van der Waals surface area contributed by atoms with Crippen molar-refractivity contribution in [3.8, 4) is 0 Å². The van der Waals surface area contributed by atoms with Crippen LogP contribution in [0.15, 0.2) is 0 Å². The van der Waals surface area contributed by atoms with Gasteiger partial charge in [-0.05, 0) is 38.5 Å². The van der Waals surface area contributed by atoms with Crippen LogP contribution in [0.5, 0.6) is 0 Å². The van der Waals surface area contributed by atoms with Crippen LogP contribution in [0.25, 0.3) is 0 Å². The van der Waals surface area contributed by atoms with Gasteiger partial charge in [0.2, 0.25) is 0 Å². The molecule has 0 aromatic carbocycles. The summed E-state index contributed by atoms with van der Waals surface area (Å²) in [6.07, 6.45) is 18.0. The van der Waals surface area contributed by atoms with Gasteiger partial charge in [-0.25, -0.2) is 0 Å². The monoisotopic (exact) mass is 354 g/mol. The number of carbonyl (C=O) groups is 1. The van der Waals surface area contributed by atoms with E-state index in [-0.39, 0.29) is 5.92 Å². The number of carboxylic acid groups (broad SMARTS) is 1. The van der Waals surface area contributed by atoms with Crippen LogP contribution in [0.1, 0.15) is 96.8 Å². The van der Waals surface area contributed by atoms with E-state index in [0.717, 1.165) is 36.1 Å². The lowest BCUT2D eigenvalue weighted by Crippen LogP contribution is -2.45. The predicted octanol–water partition coefficient (Wildman–Crippen LogP) is 5.87. The molecule has 1 fully saturated rings. The Bertz CT molecular complexity index is 346. The molecule has 0 unspecified atom stereocenters. The topological polar surface area (TPSA) is 37.3 Å². The van der Waals surface area contributed by atoms with Crippen molar-refractivity contribution in [2.75, 3.05) is 27.2 Å². The minimum atomic E-state index is -0.586. The van der Waals surface area contributed by atoms with Crippen LogP contribution in [0.3, 0.4) is 0 Å². The van der Waals surface area contributed by atoms with Crippen molar-refractivity contribution in [3.05, 3.63) is 0 Å². The van der Waals surface area contributed by atoms with Crippen LogP contribution in [0, 0.1) is 11.8 Å². The van der Waals surface area contributed by atoms with Crippen molar-refractivity contribution in [1.82, 2.24) is 0 Å². The molecule has 3 nitrogen and oxygen atoms in total. The summed E-state index contributed by atoms with van der Waals surface area (Å²) in [5.74, 6) is 0.0696. The van der Waals surface area contributed by atoms with E-state index < -0.39 is 5.97 Å². The molecule has 148 valence electrons. The van der Waals surface area contributed by atoms with Gasteiger partial charge in [0.05, 0.1) is 33.1 Å². The maximum atomic E-state index is 11.1. The maximum Gasteiger partial charge on any atom is 0.306 e. The zero-order chi connectivity index (χ0) is 18.5. The molecule has 1 saturated carbocycles. The zero-order valence-corrected chi connectivity index (χ0v) is 17.3. The normalized spacial score (nSPS) is 21.4. The van der Waals surface area contributed by atoms with Gasteiger partial charge in [-0.2, -0.15) is 0 Å². The molecule has 1 aliphatic carbocycles. The first-order chi connectivity index (χ1) is 11.9. The lowest BCUT2D eigenvalue weighted by molar-refractivity contribution is -0.894. The van der Waals surface area contributed by atoms with Crippen molar-refractivity contribution in [2.24, 2.45) is 11.8 Å². The smallest absolute Gasteiger partial charge is 0.306 e. The van der Waals surface area contributed by atoms with Crippen LogP contribution in [0.2, 0.25) is 0 Å². The third-order valence-corrected chi connectivity index (χ3v) is 6.07. The predicted molar refractivity (Wildman–Crippen MR) is 107 cm³/mol. The van der Waals surface area contributed by atoms with Crippen molar-refractivity contribution < 1.29 is 14.4 Å². The summed E-state index contributed by atoms with van der Waals surface area (Å²) in [6.45, 7) is 4.78. The van der Waals surface area contributed by atoms with E-state index in [1.54, 1.807) is 0 Å². The largest absolute Gasteiger partial charge is 0.481 e. The molecule has 25 heavy (non-hydrogen) atoms. The summed E-state index contributed by atoms with van der Waals surface area (Å²) in [4.78, 5) is 11.1. The number of hydrogen-bond donors (Lipinski definition) is 1. The average Bonchev–Trinajstić information content (AvgIpc) is 2.56. The first-order valence-corrected chi connectivity index (χ1v) is 11.0. The lowest BCUT2D eigenvalue weighted by atomic mass is 9.81. The van der Waals surface area contributed by atoms with E-state index in [1.165, 1.54) is 77.3 Å². The van der Waals surface area contributed by atoms with Crippen LogP contribution in [-0.2, 0) is 4.79 Å². The second-order valence-electron chi connectivity index (χ2n) is 9.08.